The van der Waals surface area contributed by atoms with Gasteiger partial charge in [-0.15, -0.1) is 11.3 Å². The number of likely N-dealkylation sites (N-methyl/N-ethyl adjacent to an activating group) is 1. The molecule has 1 fully saturated rings. The summed E-state index contributed by atoms with van der Waals surface area (Å²) < 4.78 is 0.600. The van der Waals surface area contributed by atoms with Crippen molar-refractivity contribution in [2.45, 2.75) is 25.3 Å². The quantitative estimate of drug-likeness (QED) is 0.835. The minimum absolute atomic E-state index is 0.0215. The van der Waals surface area contributed by atoms with Crippen molar-refractivity contribution in [3.05, 3.63) is 56.2 Å². The molecule has 28 heavy (non-hydrogen) atoms. The standard InChI is InChI=1S/C21H24ClN3O2S/c1-24-9-6-14-2-3-16(12-15(14)7-10-24)21(27)25-11-8-17(13-25)23-20(26)18-4-5-19(22)28-18/h2-5,12,17H,6-11,13H2,1H3,(H,23,26)/t17-/m0/s1. The second kappa shape index (κ2) is 8.23. The molecule has 0 bridgehead atoms. The Hall–Kier alpha value is -1.89. The predicted molar refractivity (Wildman–Crippen MR) is 112 cm³/mol. The Bertz CT molecular complexity index is 898. The number of hydrogen-bond acceptors (Lipinski definition) is 4. The summed E-state index contributed by atoms with van der Waals surface area (Å²) in [6.45, 7) is 3.29. The molecule has 2 aliphatic heterocycles. The largest absolute Gasteiger partial charge is 0.347 e. The van der Waals surface area contributed by atoms with Crippen LogP contribution in [0.25, 0.3) is 0 Å². The minimum Gasteiger partial charge on any atom is -0.347 e. The lowest BCUT2D eigenvalue weighted by molar-refractivity contribution is 0.0783. The molecule has 5 nitrogen and oxygen atoms in total. The van der Waals surface area contributed by atoms with Crippen molar-refractivity contribution >= 4 is 34.8 Å². The van der Waals surface area contributed by atoms with Gasteiger partial charge in [-0.25, -0.2) is 0 Å². The molecule has 4 rings (SSSR count). The molecule has 0 spiro atoms. The van der Waals surface area contributed by atoms with E-state index < -0.39 is 0 Å². The molecule has 0 radical (unpaired) electrons. The van der Waals surface area contributed by atoms with E-state index in [1.54, 1.807) is 12.1 Å². The van der Waals surface area contributed by atoms with Gasteiger partial charge in [0.1, 0.15) is 0 Å². The highest BCUT2D eigenvalue weighted by atomic mass is 35.5. The summed E-state index contributed by atoms with van der Waals surface area (Å²) in [5.74, 6) is -0.0679. The zero-order chi connectivity index (χ0) is 19.7. The summed E-state index contributed by atoms with van der Waals surface area (Å²) in [6, 6.07) is 9.56. The maximum Gasteiger partial charge on any atom is 0.261 e. The van der Waals surface area contributed by atoms with Crippen molar-refractivity contribution < 1.29 is 9.59 Å². The number of rotatable bonds is 3. The smallest absolute Gasteiger partial charge is 0.261 e. The number of carbonyl (C=O) groups excluding carboxylic acids is 2. The van der Waals surface area contributed by atoms with E-state index in [4.69, 9.17) is 11.6 Å². The van der Waals surface area contributed by atoms with Crippen LogP contribution in [-0.2, 0) is 12.8 Å². The van der Waals surface area contributed by atoms with Crippen LogP contribution >= 0.6 is 22.9 Å². The fourth-order valence-corrected chi connectivity index (χ4v) is 4.85. The van der Waals surface area contributed by atoms with Gasteiger partial charge >= 0.3 is 0 Å². The normalized spacial score (nSPS) is 19.9. The summed E-state index contributed by atoms with van der Waals surface area (Å²) >= 11 is 7.17. The lowest BCUT2D eigenvalue weighted by atomic mass is 9.99. The van der Waals surface area contributed by atoms with E-state index in [2.05, 4.69) is 29.4 Å². The average molecular weight is 418 g/mol. The zero-order valence-corrected chi connectivity index (χ0v) is 17.5. The zero-order valence-electron chi connectivity index (χ0n) is 15.9. The van der Waals surface area contributed by atoms with E-state index in [-0.39, 0.29) is 17.9 Å². The maximum absolute atomic E-state index is 13.0. The van der Waals surface area contributed by atoms with E-state index >= 15 is 0 Å². The Morgan fingerprint density at radius 2 is 1.89 bits per heavy atom. The Morgan fingerprint density at radius 3 is 2.64 bits per heavy atom. The minimum atomic E-state index is -0.120. The van der Waals surface area contributed by atoms with Gasteiger partial charge in [0.05, 0.1) is 9.21 Å². The number of carbonyl (C=O) groups is 2. The topological polar surface area (TPSA) is 52.7 Å². The maximum atomic E-state index is 13.0. The van der Waals surface area contributed by atoms with Crippen LogP contribution < -0.4 is 5.32 Å². The van der Waals surface area contributed by atoms with E-state index in [1.165, 1.54) is 22.5 Å². The van der Waals surface area contributed by atoms with Gasteiger partial charge in [0.25, 0.3) is 11.8 Å². The van der Waals surface area contributed by atoms with Crippen LogP contribution in [0, 0.1) is 0 Å². The second-order valence-electron chi connectivity index (χ2n) is 7.60. The highest BCUT2D eigenvalue weighted by Gasteiger charge is 2.29. The van der Waals surface area contributed by atoms with Crippen molar-refractivity contribution in [3.63, 3.8) is 0 Å². The first-order chi connectivity index (χ1) is 13.5. The van der Waals surface area contributed by atoms with Crippen molar-refractivity contribution in [2.75, 3.05) is 33.2 Å². The number of nitrogens with one attached hydrogen (secondary N) is 1. The van der Waals surface area contributed by atoms with Gasteiger partial charge in [-0.2, -0.15) is 0 Å². The van der Waals surface area contributed by atoms with E-state index in [0.29, 0.717) is 22.3 Å². The summed E-state index contributed by atoms with van der Waals surface area (Å²) in [4.78, 5) is 30.1. The molecule has 0 unspecified atom stereocenters. The summed E-state index contributed by atoms with van der Waals surface area (Å²) in [7, 11) is 2.14. The van der Waals surface area contributed by atoms with Gasteiger partial charge in [-0.05, 0) is 61.7 Å². The third kappa shape index (κ3) is 4.24. The van der Waals surface area contributed by atoms with Crippen LogP contribution in [0.1, 0.15) is 37.6 Å². The number of thiophene rings is 1. The molecule has 2 amide bonds. The SMILES string of the molecule is CN1CCc2ccc(C(=O)N3CC[C@H](NC(=O)c4ccc(Cl)s4)C3)cc2CC1. The third-order valence-corrected chi connectivity index (χ3v) is 6.82. The van der Waals surface area contributed by atoms with E-state index in [0.717, 1.165) is 37.9 Å². The number of amides is 2. The lowest BCUT2D eigenvalue weighted by Crippen LogP contribution is -2.38. The Balaban J connectivity index is 1.39. The van der Waals surface area contributed by atoms with Gasteiger partial charge < -0.3 is 15.1 Å². The molecule has 2 aromatic rings. The number of halogens is 1. The number of hydrogen-bond donors (Lipinski definition) is 1. The number of fused-ring (bicyclic) bond motifs is 1. The van der Waals surface area contributed by atoms with Gasteiger partial charge in [0.2, 0.25) is 0 Å². The predicted octanol–water partition coefficient (Wildman–Crippen LogP) is 3.08. The van der Waals surface area contributed by atoms with Gasteiger partial charge in [0.15, 0.2) is 0 Å². The Morgan fingerprint density at radius 1 is 1.11 bits per heavy atom. The summed E-state index contributed by atoms with van der Waals surface area (Å²) in [6.07, 6.45) is 2.78. The molecule has 3 heterocycles. The first-order valence-electron chi connectivity index (χ1n) is 9.65. The molecular weight excluding hydrogens is 394 g/mol. The first kappa shape index (κ1) is 19.4. The molecule has 1 atom stereocenters. The number of likely N-dealkylation sites (tertiary alicyclic amines) is 1. The third-order valence-electron chi connectivity index (χ3n) is 5.59. The molecule has 2 aliphatic rings. The molecule has 1 N–H and O–H groups in total. The highest BCUT2D eigenvalue weighted by Crippen LogP contribution is 2.23. The second-order valence-corrected chi connectivity index (χ2v) is 9.32. The number of benzene rings is 1. The van der Waals surface area contributed by atoms with Crippen molar-refractivity contribution in [3.8, 4) is 0 Å². The van der Waals surface area contributed by atoms with Crippen molar-refractivity contribution in [1.82, 2.24) is 15.1 Å². The molecule has 1 aromatic carbocycles. The van der Waals surface area contributed by atoms with Crippen LogP contribution in [0.5, 0.6) is 0 Å². The molecule has 1 aromatic heterocycles. The van der Waals surface area contributed by atoms with Crippen LogP contribution in [0.15, 0.2) is 30.3 Å². The molecule has 0 aliphatic carbocycles. The molecular formula is C21H24ClN3O2S. The summed E-state index contributed by atoms with van der Waals surface area (Å²) in [5, 5.41) is 3.02. The van der Waals surface area contributed by atoms with E-state index in [1.807, 2.05) is 11.0 Å². The Kier molecular flexibility index (Phi) is 5.71. The Labute approximate surface area is 174 Å². The molecule has 7 heteroatoms. The van der Waals surface area contributed by atoms with Gasteiger partial charge in [-0.3, -0.25) is 9.59 Å². The molecule has 0 saturated carbocycles. The summed E-state index contributed by atoms with van der Waals surface area (Å²) in [5.41, 5.74) is 3.39. The highest BCUT2D eigenvalue weighted by molar-refractivity contribution is 7.18. The fourth-order valence-electron chi connectivity index (χ4n) is 3.91. The monoisotopic (exact) mass is 417 g/mol. The first-order valence-corrected chi connectivity index (χ1v) is 10.8. The fraction of sp³-hybridized carbons (Fsp3) is 0.429. The van der Waals surface area contributed by atoms with Gasteiger partial charge in [0, 0.05) is 37.8 Å². The van der Waals surface area contributed by atoms with Crippen LogP contribution in [0.3, 0.4) is 0 Å². The molecule has 148 valence electrons. The molecule has 1 saturated heterocycles. The van der Waals surface area contributed by atoms with Crippen LogP contribution in [0.4, 0.5) is 0 Å². The average Bonchev–Trinajstić information content (AvgIpc) is 3.29. The van der Waals surface area contributed by atoms with Gasteiger partial charge in [-0.1, -0.05) is 17.7 Å². The van der Waals surface area contributed by atoms with Crippen molar-refractivity contribution in [1.29, 1.82) is 0 Å². The van der Waals surface area contributed by atoms with Crippen molar-refractivity contribution in [2.24, 2.45) is 0 Å². The number of nitrogens with zero attached hydrogens (tertiary/aromatic N) is 2. The van der Waals surface area contributed by atoms with Crippen LogP contribution in [-0.4, -0.2) is 60.9 Å². The van der Waals surface area contributed by atoms with E-state index in [9.17, 15) is 9.59 Å². The lowest BCUT2D eigenvalue weighted by Gasteiger charge is -2.18. The van der Waals surface area contributed by atoms with Crippen LogP contribution in [0.2, 0.25) is 4.34 Å².